The molecule has 2 heterocycles. The van der Waals surface area contributed by atoms with Crippen LogP contribution in [0.5, 0.6) is 11.5 Å². The summed E-state index contributed by atoms with van der Waals surface area (Å²) in [6.45, 7) is 1.03. The molecule has 4 amide bonds. The van der Waals surface area contributed by atoms with E-state index < -0.39 is 29.3 Å². The molecular weight excluding hydrogens is 1070 g/mol. The molecule has 0 fully saturated rings. The number of nitrogens with zero attached hydrogens (tertiary/aromatic N) is 3. The Kier molecular flexibility index (Phi) is 17.2. The molecule has 16 heteroatoms. The molecule has 85 heavy (non-hydrogen) atoms. The summed E-state index contributed by atoms with van der Waals surface area (Å²) < 4.78 is 17.0. The second-order valence-corrected chi connectivity index (χ2v) is 21.3. The van der Waals surface area contributed by atoms with Crippen LogP contribution in [0.2, 0.25) is 0 Å². The lowest BCUT2D eigenvalue weighted by molar-refractivity contribution is -0.184. The quantitative estimate of drug-likeness (QED) is 0.0373. The van der Waals surface area contributed by atoms with Gasteiger partial charge in [0.15, 0.2) is 13.2 Å². The maximum atomic E-state index is 13.2. The van der Waals surface area contributed by atoms with Crippen molar-refractivity contribution in [2.24, 2.45) is 11.5 Å². The lowest BCUT2D eigenvalue weighted by atomic mass is 9.88. The summed E-state index contributed by atoms with van der Waals surface area (Å²) in [5, 5.41) is 3.79. The van der Waals surface area contributed by atoms with Crippen LogP contribution in [0.25, 0.3) is 43.6 Å². The smallest absolute Gasteiger partial charge is 0.289 e. The van der Waals surface area contributed by atoms with Crippen LogP contribution in [0.3, 0.4) is 0 Å². The first-order valence-electron chi connectivity index (χ1n) is 28.5. The van der Waals surface area contributed by atoms with E-state index in [1.807, 2.05) is 121 Å². The van der Waals surface area contributed by atoms with Crippen LogP contribution in [0.15, 0.2) is 170 Å². The highest BCUT2D eigenvalue weighted by atomic mass is 16.7. The van der Waals surface area contributed by atoms with Crippen molar-refractivity contribution < 1.29 is 47.9 Å². The van der Waals surface area contributed by atoms with E-state index in [1.54, 1.807) is 31.3 Å². The van der Waals surface area contributed by atoms with Crippen LogP contribution < -0.4 is 26.4 Å². The Balaban J connectivity index is 0.000000177. The minimum atomic E-state index is -1.03. The molecule has 16 nitrogen and oxygen atoms in total. The molecule has 2 aliphatic carbocycles. The third-order valence-electron chi connectivity index (χ3n) is 15.8. The van der Waals surface area contributed by atoms with Crippen LogP contribution in [-0.4, -0.2) is 69.7 Å². The van der Waals surface area contributed by atoms with Crippen molar-refractivity contribution in [3.63, 3.8) is 0 Å². The number of hydroxylamine groups is 3. The third kappa shape index (κ3) is 12.3. The zero-order chi connectivity index (χ0) is 59.0. The number of carbonyl (C=O) groups is 6. The normalized spacial score (nSPS) is 12.7. The number of benzene rings is 8. The van der Waals surface area contributed by atoms with Gasteiger partial charge in [0.05, 0.1) is 39.4 Å². The first-order chi connectivity index (χ1) is 41.4. The number of hydrogen-bond acceptors (Lipinski definition) is 10. The van der Waals surface area contributed by atoms with Crippen LogP contribution in [0.4, 0.5) is 0 Å². The molecule has 0 saturated heterocycles. The van der Waals surface area contributed by atoms with Gasteiger partial charge in [-0.2, -0.15) is 0 Å². The van der Waals surface area contributed by atoms with Gasteiger partial charge in [-0.3, -0.25) is 38.4 Å². The van der Waals surface area contributed by atoms with Gasteiger partial charge in [-0.1, -0.05) is 146 Å². The lowest BCUT2D eigenvalue weighted by Crippen LogP contribution is -2.31. The van der Waals surface area contributed by atoms with Crippen molar-refractivity contribution in [2.75, 3.05) is 20.3 Å². The van der Waals surface area contributed by atoms with E-state index in [0.29, 0.717) is 46.1 Å². The zero-order valence-corrected chi connectivity index (χ0v) is 47.1. The predicted octanol–water partition coefficient (Wildman–Crippen LogP) is 10.4. The predicted molar refractivity (Wildman–Crippen MR) is 325 cm³/mol. The fourth-order valence-electron chi connectivity index (χ4n) is 11.7. The number of amides is 4. The monoisotopic (exact) mass is 1140 g/mol. The number of fused-ring (bicyclic) bond motifs is 8. The molecule has 0 aliphatic heterocycles. The van der Waals surface area contributed by atoms with Gasteiger partial charge >= 0.3 is 0 Å². The van der Waals surface area contributed by atoms with Crippen molar-refractivity contribution in [3.05, 3.63) is 225 Å². The van der Waals surface area contributed by atoms with Crippen molar-refractivity contribution in [1.29, 1.82) is 0 Å². The maximum Gasteiger partial charge on any atom is 0.289 e. The van der Waals surface area contributed by atoms with Crippen molar-refractivity contribution in [2.45, 2.75) is 77.7 Å². The number of aromatic nitrogens is 2. The highest BCUT2D eigenvalue weighted by Gasteiger charge is 2.30. The Labute approximate surface area is 490 Å². The Morgan fingerprint density at radius 3 is 1.33 bits per heavy atom. The number of aryl methyl sites for hydroxylation is 2. The summed E-state index contributed by atoms with van der Waals surface area (Å²) in [6, 6.07) is 54.2. The fourth-order valence-corrected chi connectivity index (χ4v) is 11.7. The molecule has 2 aromatic heterocycles. The SMILES string of the molecule is CN(OCc1ccccc1)C(=O)COc1c2c(cc3c1c1c(C(=O)C(N)=O)cccc1n3Cc1ccccc1)CCCC2.NC(=O)C(=O)c1cccc2c1c1c(OCC(=O)NOCc3ccccc3)c3c(cc1n2Cc1ccccc1)CCCC3. The topological polar surface area (TPSA) is 217 Å². The van der Waals surface area contributed by atoms with E-state index in [9.17, 15) is 28.8 Å². The zero-order valence-electron chi connectivity index (χ0n) is 47.1. The molecule has 8 aromatic carbocycles. The fraction of sp³-hybridized carbons (Fsp3) is 0.217. The minimum Gasteiger partial charge on any atom is -0.483 e. The van der Waals surface area contributed by atoms with Crippen LogP contribution >= 0.6 is 0 Å². The van der Waals surface area contributed by atoms with Gasteiger partial charge in [-0.25, -0.2) is 10.5 Å². The van der Waals surface area contributed by atoms with Crippen molar-refractivity contribution in [3.8, 4) is 11.5 Å². The average Bonchev–Trinajstić information content (AvgIpc) is 2.12. The molecule has 0 saturated carbocycles. The Bertz CT molecular complexity index is 4160. The Morgan fingerprint density at radius 1 is 0.471 bits per heavy atom. The number of likely N-dealkylation sites (N-methyl/N-ethyl adjacent to an activating group) is 1. The third-order valence-corrected chi connectivity index (χ3v) is 15.8. The van der Waals surface area contributed by atoms with Gasteiger partial charge in [0.2, 0.25) is 0 Å². The van der Waals surface area contributed by atoms with E-state index >= 15 is 0 Å². The van der Waals surface area contributed by atoms with E-state index in [0.717, 1.165) is 118 Å². The number of Topliss-reactive ketones (excluding diaryl/α,β-unsaturated/α-hetero) is 2. The maximum absolute atomic E-state index is 13.2. The highest BCUT2D eigenvalue weighted by molar-refractivity contribution is 6.46. The van der Waals surface area contributed by atoms with Gasteiger partial charge in [0, 0.05) is 42.0 Å². The Morgan fingerprint density at radius 2 is 0.882 bits per heavy atom. The largest absolute Gasteiger partial charge is 0.483 e. The summed E-state index contributed by atoms with van der Waals surface area (Å²) in [5.74, 6) is -3.24. The molecule has 0 spiro atoms. The minimum absolute atomic E-state index is 0.216. The summed E-state index contributed by atoms with van der Waals surface area (Å²) in [5.41, 5.74) is 25.6. The number of nitrogens with one attached hydrogen (secondary N) is 1. The number of carbonyl (C=O) groups excluding carboxylic acids is 6. The van der Waals surface area contributed by atoms with Crippen LogP contribution in [-0.2, 0) is 80.8 Å². The molecular formula is C69H64N6O10. The van der Waals surface area contributed by atoms with E-state index in [2.05, 4.69) is 38.9 Å². The lowest BCUT2D eigenvalue weighted by Gasteiger charge is -2.23. The second-order valence-electron chi connectivity index (χ2n) is 21.3. The highest BCUT2D eigenvalue weighted by Crippen LogP contribution is 2.46. The summed E-state index contributed by atoms with van der Waals surface area (Å²) in [6.07, 6.45) is 7.41. The number of ketones is 2. The molecule has 430 valence electrons. The second kappa shape index (κ2) is 25.7. The molecule has 0 atom stereocenters. The van der Waals surface area contributed by atoms with Crippen molar-refractivity contribution >= 4 is 78.8 Å². The number of hydrogen-bond donors (Lipinski definition) is 3. The first kappa shape index (κ1) is 56.9. The summed E-state index contributed by atoms with van der Waals surface area (Å²) in [4.78, 5) is 87.5. The Hall–Kier alpha value is -9.90. The van der Waals surface area contributed by atoms with Crippen LogP contribution in [0, 0.1) is 0 Å². The van der Waals surface area contributed by atoms with Gasteiger partial charge in [0.1, 0.15) is 18.1 Å². The number of ether oxygens (including phenoxy) is 2. The average molecular weight is 1140 g/mol. The van der Waals surface area contributed by atoms with Crippen LogP contribution in [0.1, 0.15) is 90.9 Å². The van der Waals surface area contributed by atoms with E-state index in [1.165, 1.54) is 5.06 Å². The van der Waals surface area contributed by atoms with Gasteiger partial charge in [0.25, 0.3) is 35.2 Å². The molecule has 2 aliphatic rings. The molecule has 12 rings (SSSR count). The number of primary amides is 2. The molecule has 0 unspecified atom stereocenters. The molecule has 10 aromatic rings. The van der Waals surface area contributed by atoms with E-state index in [4.69, 9.17) is 30.6 Å². The molecule has 0 radical (unpaired) electrons. The summed E-state index contributed by atoms with van der Waals surface area (Å²) >= 11 is 0. The van der Waals surface area contributed by atoms with Crippen molar-refractivity contribution in [1.82, 2.24) is 19.7 Å². The van der Waals surface area contributed by atoms with Gasteiger partial charge in [-0.05, 0) is 120 Å². The number of nitrogens with two attached hydrogens (primary N) is 2. The molecule has 0 bridgehead atoms. The number of rotatable bonds is 20. The molecule has 5 N–H and O–H groups in total. The van der Waals surface area contributed by atoms with E-state index in [-0.39, 0.29) is 43.5 Å². The summed E-state index contributed by atoms with van der Waals surface area (Å²) in [7, 11) is 1.57. The van der Waals surface area contributed by atoms with Gasteiger partial charge in [-0.15, -0.1) is 0 Å². The van der Waals surface area contributed by atoms with Gasteiger partial charge < -0.3 is 30.1 Å². The first-order valence-corrected chi connectivity index (χ1v) is 28.5. The standard InChI is InChI=1S/C35H33N3O5.C34H31N3O5/c1-37(43-21-24-13-6-3-7-14-24)30(39)22-42-34-26-16-9-8-15-25(26)19-29-32(34)31-27(33(40)35(36)41)17-10-18-28(31)38(29)20-23-11-4-2-5-12-23;35-34(40)32(39)26-16-9-17-27-30(26)31-28(37(27)19-22-10-3-1-4-11-22)18-24-14-7-8-15-25(24)33(31)41-21-29(38)36-42-20-23-12-5-2-6-13-23/h2-7,10-14,17-19H,8-9,15-16,20-22H2,1H3,(H2,36,41);1-6,9-13,16-18H,7-8,14-15,19-21H2,(H2,35,40)(H,36,38).